The van der Waals surface area contributed by atoms with E-state index in [0.717, 1.165) is 18.5 Å². The molecule has 2 rings (SSSR count). The molecular formula is C12H19N3O2. The van der Waals surface area contributed by atoms with E-state index >= 15 is 0 Å². The van der Waals surface area contributed by atoms with E-state index in [1.54, 1.807) is 7.11 Å². The second-order valence-electron chi connectivity index (χ2n) is 4.27. The van der Waals surface area contributed by atoms with Crippen LogP contribution >= 0.6 is 0 Å². The number of nitrogens with one attached hydrogen (secondary N) is 1. The maximum atomic E-state index is 5.39. The molecule has 1 aliphatic rings. The zero-order chi connectivity index (χ0) is 12.3. The van der Waals surface area contributed by atoms with Gasteiger partial charge in [-0.2, -0.15) is 4.98 Å². The van der Waals surface area contributed by atoms with Gasteiger partial charge in [0.05, 0.1) is 12.7 Å². The Morgan fingerprint density at radius 1 is 1.41 bits per heavy atom. The molecule has 0 bridgehead atoms. The molecule has 0 aliphatic heterocycles. The van der Waals surface area contributed by atoms with Gasteiger partial charge in [0, 0.05) is 24.9 Å². The van der Waals surface area contributed by atoms with Gasteiger partial charge in [0.15, 0.2) is 0 Å². The predicted molar refractivity (Wildman–Crippen MR) is 65.4 cm³/mol. The highest BCUT2D eigenvalue weighted by Gasteiger charge is 2.29. The van der Waals surface area contributed by atoms with Gasteiger partial charge in [0.1, 0.15) is 0 Å². The summed E-state index contributed by atoms with van der Waals surface area (Å²) < 4.78 is 10.6. The van der Waals surface area contributed by atoms with Gasteiger partial charge in [-0.05, 0) is 26.7 Å². The van der Waals surface area contributed by atoms with Crippen molar-refractivity contribution < 1.29 is 9.47 Å². The molecule has 1 N–H and O–H groups in total. The number of anilines is 1. The zero-order valence-electron chi connectivity index (χ0n) is 10.6. The third-order valence-corrected chi connectivity index (χ3v) is 2.88. The van der Waals surface area contributed by atoms with Crippen LogP contribution in [0, 0.1) is 6.92 Å². The highest BCUT2D eigenvalue weighted by atomic mass is 16.5. The second-order valence-corrected chi connectivity index (χ2v) is 4.27. The fourth-order valence-electron chi connectivity index (χ4n) is 1.88. The minimum atomic E-state index is 0.378. The van der Waals surface area contributed by atoms with E-state index in [1.165, 1.54) is 0 Å². The van der Waals surface area contributed by atoms with Crippen LogP contribution in [-0.4, -0.2) is 35.8 Å². The number of methoxy groups -OCH3 is 1. The summed E-state index contributed by atoms with van der Waals surface area (Å²) in [6.07, 6.45) is 2.40. The van der Waals surface area contributed by atoms with Gasteiger partial charge < -0.3 is 14.8 Å². The number of aromatic nitrogens is 2. The van der Waals surface area contributed by atoms with E-state index in [2.05, 4.69) is 15.3 Å². The van der Waals surface area contributed by atoms with Crippen LogP contribution in [0.2, 0.25) is 0 Å². The lowest BCUT2D eigenvalue weighted by atomic mass is 9.89. The maximum Gasteiger partial charge on any atom is 0.226 e. The molecule has 0 atom stereocenters. The lowest BCUT2D eigenvalue weighted by Gasteiger charge is -2.34. The SMILES string of the molecule is CCOc1cc(C)nc(NC2CC(OC)C2)n1. The van der Waals surface area contributed by atoms with Crippen molar-refractivity contribution in [1.82, 2.24) is 9.97 Å². The summed E-state index contributed by atoms with van der Waals surface area (Å²) in [6.45, 7) is 4.50. The van der Waals surface area contributed by atoms with Crippen molar-refractivity contribution in [2.45, 2.75) is 38.8 Å². The van der Waals surface area contributed by atoms with Crippen LogP contribution in [0.15, 0.2) is 6.07 Å². The first-order chi connectivity index (χ1) is 8.21. The smallest absolute Gasteiger partial charge is 0.226 e. The first-order valence-electron chi connectivity index (χ1n) is 5.99. The summed E-state index contributed by atoms with van der Waals surface area (Å²) in [5.74, 6) is 1.28. The molecule has 94 valence electrons. The fraction of sp³-hybridized carbons (Fsp3) is 0.667. The molecule has 1 aliphatic carbocycles. The standard InChI is InChI=1S/C12H19N3O2/c1-4-17-11-5-8(2)13-12(15-11)14-9-6-10(7-9)16-3/h5,9-10H,4,6-7H2,1-3H3,(H,13,14,15). The van der Waals surface area contributed by atoms with Crippen molar-refractivity contribution in [3.8, 4) is 5.88 Å². The molecule has 5 nitrogen and oxygen atoms in total. The number of ether oxygens (including phenoxy) is 2. The number of hydrogen-bond donors (Lipinski definition) is 1. The van der Waals surface area contributed by atoms with Crippen LogP contribution in [0.25, 0.3) is 0 Å². The lowest BCUT2D eigenvalue weighted by molar-refractivity contribution is 0.0327. The van der Waals surface area contributed by atoms with E-state index in [1.807, 2.05) is 19.9 Å². The molecule has 0 saturated heterocycles. The number of aryl methyl sites for hydroxylation is 1. The van der Waals surface area contributed by atoms with E-state index in [-0.39, 0.29) is 0 Å². The summed E-state index contributed by atoms with van der Waals surface area (Å²) in [7, 11) is 1.75. The number of rotatable bonds is 5. The van der Waals surface area contributed by atoms with Crippen LogP contribution in [0.5, 0.6) is 5.88 Å². The first-order valence-corrected chi connectivity index (χ1v) is 5.99. The lowest BCUT2D eigenvalue weighted by Crippen LogP contribution is -2.40. The van der Waals surface area contributed by atoms with Gasteiger partial charge in [-0.25, -0.2) is 4.98 Å². The Balaban J connectivity index is 1.96. The van der Waals surface area contributed by atoms with Crippen molar-refractivity contribution in [2.75, 3.05) is 19.0 Å². The van der Waals surface area contributed by atoms with Crippen LogP contribution in [-0.2, 0) is 4.74 Å². The number of hydrogen-bond acceptors (Lipinski definition) is 5. The minimum absolute atomic E-state index is 0.378. The monoisotopic (exact) mass is 237 g/mol. The van der Waals surface area contributed by atoms with Crippen molar-refractivity contribution in [2.24, 2.45) is 0 Å². The molecule has 0 amide bonds. The average molecular weight is 237 g/mol. The van der Waals surface area contributed by atoms with Gasteiger partial charge >= 0.3 is 0 Å². The van der Waals surface area contributed by atoms with Crippen LogP contribution in [0.1, 0.15) is 25.5 Å². The Morgan fingerprint density at radius 3 is 2.82 bits per heavy atom. The molecule has 5 heteroatoms. The summed E-state index contributed by atoms with van der Waals surface area (Å²) in [4.78, 5) is 8.66. The van der Waals surface area contributed by atoms with E-state index in [0.29, 0.717) is 30.6 Å². The summed E-state index contributed by atoms with van der Waals surface area (Å²) in [5, 5.41) is 3.30. The molecule has 0 radical (unpaired) electrons. The quantitative estimate of drug-likeness (QED) is 0.845. The maximum absolute atomic E-state index is 5.39. The normalized spacial score (nSPS) is 23.0. The highest BCUT2D eigenvalue weighted by Crippen LogP contribution is 2.25. The second kappa shape index (κ2) is 5.31. The predicted octanol–water partition coefficient (Wildman–Crippen LogP) is 1.77. The van der Waals surface area contributed by atoms with Crippen molar-refractivity contribution >= 4 is 5.95 Å². The van der Waals surface area contributed by atoms with Crippen molar-refractivity contribution in [3.05, 3.63) is 11.8 Å². The number of nitrogens with zero attached hydrogens (tertiary/aromatic N) is 2. The Kier molecular flexibility index (Phi) is 3.78. The van der Waals surface area contributed by atoms with Gasteiger partial charge in [-0.15, -0.1) is 0 Å². The van der Waals surface area contributed by atoms with Crippen LogP contribution in [0.3, 0.4) is 0 Å². The Morgan fingerprint density at radius 2 is 2.18 bits per heavy atom. The molecule has 0 unspecified atom stereocenters. The zero-order valence-corrected chi connectivity index (χ0v) is 10.6. The molecule has 1 aromatic rings. The van der Waals surface area contributed by atoms with Crippen molar-refractivity contribution in [3.63, 3.8) is 0 Å². The molecule has 0 aromatic carbocycles. The first kappa shape index (κ1) is 12.1. The average Bonchev–Trinajstić information content (AvgIpc) is 2.22. The van der Waals surface area contributed by atoms with Crippen LogP contribution < -0.4 is 10.1 Å². The summed E-state index contributed by atoms with van der Waals surface area (Å²) in [5.41, 5.74) is 0.911. The molecule has 17 heavy (non-hydrogen) atoms. The topological polar surface area (TPSA) is 56.3 Å². The highest BCUT2D eigenvalue weighted by molar-refractivity contribution is 5.32. The molecule has 1 aromatic heterocycles. The Labute approximate surface area is 102 Å². The fourth-order valence-corrected chi connectivity index (χ4v) is 1.88. The van der Waals surface area contributed by atoms with E-state index < -0.39 is 0 Å². The summed E-state index contributed by atoms with van der Waals surface area (Å²) >= 11 is 0. The molecule has 0 spiro atoms. The third kappa shape index (κ3) is 3.06. The van der Waals surface area contributed by atoms with Crippen molar-refractivity contribution in [1.29, 1.82) is 0 Å². The van der Waals surface area contributed by atoms with E-state index in [9.17, 15) is 0 Å². The van der Waals surface area contributed by atoms with Gasteiger partial charge in [0.2, 0.25) is 11.8 Å². The third-order valence-electron chi connectivity index (χ3n) is 2.88. The molecule has 1 heterocycles. The minimum Gasteiger partial charge on any atom is -0.478 e. The van der Waals surface area contributed by atoms with Crippen LogP contribution in [0.4, 0.5) is 5.95 Å². The van der Waals surface area contributed by atoms with Gasteiger partial charge in [-0.3, -0.25) is 0 Å². The largest absolute Gasteiger partial charge is 0.478 e. The summed E-state index contributed by atoms with van der Waals surface area (Å²) in [6, 6.07) is 2.25. The molecule has 1 fully saturated rings. The molecule has 1 saturated carbocycles. The molecular weight excluding hydrogens is 218 g/mol. The Hall–Kier alpha value is -1.36. The van der Waals surface area contributed by atoms with Gasteiger partial charge in [-0.1, -0.05) is 0 Å². The van der Waals surface area contributed by atoms with E-state index in [4.69, 9.17) is 9.47 Å². The Bertz CT molecular complexity index is 378. The van der Waals surface area contributed by atoms with Gasteiger partial charge in [0.25, 0.3) is 0 Å².